The number of carboxylic acids is 2. The molecule has 0 spiro atoms. The van der Waals surface area contributed by atoms with E-state index in [1.165, 1.54) is 37.1 Å². The number of hydrogen-bond acceptors (Lipinski definition) is 4. The lowest BCUT2D eigenvalue weighted by molar-refractivity contribution is -0.159. The van der Waals surface area contributed by atoms with Gasteiger partial charge in [-0.3, -0.25) is 4.90 Å². The molecule has 0 unspecified atom stereocenters. The van der Waals surface area contributed by atoms with Crippen LogP contribution in [-0.4, -0.2) is 53.3 Å². The van der Waals surface area contributed by atoms with Crippen LogP contribution in [0.1, 0.15) is 24.0 Å². The van der Waals surface area contributed by atoms with E-state index < -0.39 is 11.9 Å². The average molecular weight is 335 g/mol. The third-order valence-corrected chi connectivity index (χ3v) is 3.63. The first-order chi connectivity index (χ1) is 11.4. The molecule has 0 atom stereocenters. The fourth-order valence-corrected chi connectivity index (χ4v) is 2.45. The van der Waals surface area contributed by atoms with E-state index in [1.54, 1.807) is 0 Å². The van der Waals surface area contributed by atoms with Gasteiger partial charge in [-0.1, -0.05) is 23.8 Å². The molecular formula is C18H25NO5. The summed E-state index contributed by atoms with van der Waals surface area (Å²) in [7, 11) is 0. The maximum Gasteiger partial charge on any atom is 0.414 e. The van der Waals surface area contributed by atoms with Crippen LogP contribution in [0.3, 0.4) is 0 Å². The Morgan fingerprint density at radius 1 is 1.25 bits per heavy atom. The zero-order valence-corrected chi connectivity index (χ0v) is 14.0. The Morgan fingerprint density at radius 3 is 2.42 bits per heavy atom. The molecule has 2 rings (SSSR count). The predicted molar refractivity (Wildman–Crippen MR) is 91.5 cm³/mol. The number of aliphatic carboxylic acids is 2. The van der Waals surface area contributed by atoms with Crippen LogP contribution in [0.5, 0.6) is 5.75 Å². The fraction of sp³-hybridized carbons (Fsp3) is 0.444. The molecule has 0 radical (unpaired) electrons. The van der Waals surface area contributed by atoms with Gasteiger partial charge in [0.15, 0.2) is 0 Å². The molecule has 0 bridgehead atoms. The molecule has 0 aromatic heterocycles. The summed E-state index contributed by atoms with van der Waals surface area (Å²) in [5.74, 6) is -2.63. The van der Waals surface area contributed by atoms with Crippen molar-refractivity contribution >= 4 is 11.9 Å². The van der Waals surface area contributed by atoms with Crippen molar-refractivity contribution in [1.29, 1.82) is 0 Å². The lowest BCUT2D eigenvalue weighted by Crippen LogP contribution is -2.25. The minimum atomic E-state index is -1.82. The summed E-state index contributed by atoms with van der Waals surface area (Å²) in [6, 6.07) is 6.38. The minimum Gasteiger partial charge on any atom is -0.492 e. The highest BCUT2D eigenvalue weighted by Gasteiger charge is 2.11. The summed E-state index contributed by atoms with van der Waals surface area (Å²) in [5, 5.41) is 14.8. The van der Waals surface area contributed by atoms with Crippen LogP contribution in [0, 0.1) is 6.92 Å². The van der Waals surface area contributed by atoms with E-state index in [2.05, 4.69) is 36.6 Å². The third-order valence-electron chi connectivity index (χ3n) is 3.63. The van der Waals surface area contributed by atoms with E-state index in [0.29, 0.717) is 0 Å². The van der Waals surface area contributed by atoms with Crippen molar-refractivity contribution in [3.8, 4) is 5.75 Å². The predicted octanol–water partition coefficient (Wildman–Crippen LogP) is 2.35. The molecule has 6 heteroatoms. The molecule has 1 aliphatic rings. The number of likely N-dealkylation sites (tertiary alicyclic amines) is 1. The van der Waals surface area contributed by atoms with Gasteiger partial charge in [-0.05, 0) is 50.9 Å². The van der Waals surface area contributed by atoms with E-state index in [1.807, 2.05) is 6.08 Å². The molecule has 1 aliphatic heterocycles. The zero-order valence-electron chi connectivity index (χ0n) is 14.0. The molecule has 0 saturated carbocycles. The van der Waals surface area contributed by atoms with Crippen molar-refractivity contribution in [3.63, 3.8) is 0 Å². The van der Waals surface area contributed by atoms with Gasteiger partial charge >= 0.3 is 11.9 Å². The summed E-state index contributed by atoms with van der Waals surface area (Å²) < 4.78 is 5.92. The van der Waals surface area contributed by atoms with E-state index in [4.69, 9.17) is 24.5 Å². The second-order valence-corrected chi connectivity index (χ2v) is 5.61. The maximum absolute atomic E-state index is 9.10. The molecule has 6 nitrogen and oxygen atoms in total. The van der Waals surface area contributed by atoms with Crippen LogP contribution >= 0.6 is 0 Å². The van der Waals surface area contributed by atoms with Gasteiger partial charge in [0.05, 0.1) is 0 Å². The van der Waals surface area contributed by atoms with Gasteiger partial charge in [0.2, 0.25) is 0 Å². The maximum atomic E-state index is 9.10. The second kappa shape index (κ2) is 10.4. The Morgan fingerprint density at radius 2 is 1.88 bits per heavy atom. The minimum absolute atomic E-state index is 0.785. The van der Waals surface area contributed by atoms with E-state index in [0.717, 1.165) is 25.3 Å². The number of benzene rings is 1. The van der Waals surface area contributed by atoms with Crippen molar-refractivity contribution in [2.75, 3.05) is 26.2 Å². The van der Waals surface area contributed by atoms with Gasteiger partial charge in [0.25, 0.3) is 0 Å². The van der Waals surface area contributed by atoms with Crippen LogP contribution in [0.15, 0.2) is 30.9 Å². The number of ether oxygens (including phenoxy) is 1. The van der Waals surface area contributed by atoms with Crippen LogP contribution in [0.25, 0.3) is 0 Å². The van der Waals surface area contributed by atoms with Gasteiger partial charge in [-0.25, -0.2) is 9.59 Å². The van der Waals surface area contributed by atoms with Crippen LogP contribution in [0.4, 0.5) is 0 Å². The number of nitrogens with zero attached hydrogens (tertiary/aromatic N) is 1. The van der Waals surface area contributed by atoms with Gasteiger partial charge in [-0.15, -0.1) is 6.58 Å². The molecule has 0 aliphatic carbocycles. The first-order valence-electron chi connectivity index (χ1n) is 7.96. The van der Waals surface area contributed by atoms with Crippen LogP contribution < -0.4 is 4.74 Å². The Bertz CT molecular complexity index is 553. The summed E-state index contributed by atoms with van der Waals surface area (Å²) in [6.45, 7) is 10.2. The zero-order chi connectivity index (χ0) is 17.9. The largest absolute Gasteiger partial charge is 0.492 e. The second-order valence-electron chi connectivity index (χ2n) is 5.61. The molecule has 0 amide bonds. The molecule has 1 aromatic rings. The Hall–Kier alpha value is -2.34. The van der Waals surface area contributed by atoms with E-state index in [-0.39, 0.29) is 0 Å². The topological polar surface area (TPSA) is 87.1 Å². The molecule has 132 valence electrons. The molecule has 1 fully saturated rings. The van der Waals surface area contributed by atoms with Gasteiger partial charge in [0, 0.05) is 6.54 Å². The lowest BCUT2D eigenvalue weighted by Gasteiger charge is -2.16. The fourth-order valence-electron chi connectivity index (χ4n) is 2.45. The molecule has 1 saturated heterocycles. The smallest absolute Gasteiger partial charge is 0.414 e. The Labute approximate surface area is 142 Å². The van der Waals surface area contributed by atoms with Crippen molar-refractivity contribution in [2.45, 2.75) is 26.2 Å². The number of rotatable bonds is 6. The number of hydrogen-bond donors (Lipinski definition) is 2. The summed E-state index contributed by atoms with van der Waals surface area (Å²) in [4.78, 5) is 20.7. The van der Waals surface area contributed by atoms with Crippen molar-refractivity contribution in [3.05, 3.63) is 42.0 Å². The Balaban J connectivity index is 0.000000413. The molecule has 1 aromatic carbocycles. The summed E-state index contributed by atoms with van der Waals surface area (Å²) in [5.41, 5.74) is 2.52. The molecular weight excluding hydrogens is 310 g/mol. The van der Waals surface area contributed by atoms with Gasteiger partial charge in [-0.2, -0.15) is 0 Å². The molecule has 1 heterocycles. The third kappa shape index (κ3) is 7.28. The number of carbonyl (C=O) groups is 2. The lowest BCUT2D eigenvalue weighted by atomic mass is 10.1. The van der Waals surface area contributed by atoms with Crippen LogP contribution in [0.2, 0.25) is 0 Å². The highest BCUT2D eigenvalue weighted by molar-refractivity contribution is 6.27. The van der Waals surface area contributed by atoms with E-state index >= 15 is 0 Å². The quantitative estimate of drug-likeness (QED) is 0.613. The SMILES string of the molecule is C=CCc1cc(C)ccc1OCCN1CCCC1.O=C(O)C(=O)O. The normalized spacial score (nSPS) is 13.7. The van der Waals surface area contributed by atoms with Crippen LogP contribution in [-0.2, 0) is 16.0 Å². The first kappa shape index (κ1) is 19.7. The number of allylic oxidation sites excluding steroid dienone is 1. The average Bonchev–Trinajstić information content (AvgIpc) is 3.03. The highest BCUT2D eigenvalue weighted by Crippen LogP contribution is 2.21. The summed E-state index contributed by atoms with van der Waals surface area (Å²) in [6.07, 6.45) is 5.49. The first-order valence-corrected chi connectivity index (χ1v) is 7.96. The molecule has 2 N–H and O–H groups in total. The van der Waals surface area contributed by atoms with Crippen molar-refractivity contribution < 1.29 is 24.5 Å². The number of aryl methyl sites for hydroxylation is 1. The monoisotopic (exact) mass is 335 g/mol. The Kier molecular flexibility index (Phi) is 8.57. The molecule has 24 heavy (non-hydrogen) atoms. The number of carboxylic acid groups (broad SMARTS) is 2. The van der Waals surface area contributed by atoms with Gasteiger partial charge in [0.1, 0.15) is 12.4 Å². The van der Waals surface area contributed by atoms with Crippen molar-refractivity contribution in [1.82, 2.24) is 4.90 Å². The standard InChI is InChI=1S/C16H23NO.C2H2O4/c1-3-6-15-13-14(2)7-8-16(15)18-12-11-17-9-4-5-10-17;3-1(4)2(5)6/h3,7-8,13H,1,4-6,9-12H2,2H3;(H,3,4)(H,5,6). The van der Waals surface area contributed by atoms with E-state index in [9.17, 15) is 0 Å². The summed E-state index contributed by atoms with van der Waals surface area (Å²) >= 11 is 0. The van der Waals surface area contributed by atoms with Gasteiger partial charge < -0.3 is 14.9 Å². The van der Waals surface area contributed by atoms with Crippen molar-refractivity contribution in [2.24, 2.45) is 0 Å². The highest BCUT2D eigenvalue weighted by atomic mass is 16.5.